The van der Waals surface area contributed by atoms with Gasteiger partial charge in [0.2, 0.25) is 5.91 Å². The summed E-state index contributed by atoms with van der Waals surface area (Å²) in [5, 5.41) is 11.7. The summed E-state index contributed by atoms with van der Waals surface area (Å²) in [4.78, 5) is 28.3. The Labute approximate surface area is 111 Å². The van der Waals surface area contributed by atoms with Gasteiger partial charge in [0.15, 0.2) is 5.82 Å². The van der Waals surface area contributed by atoms with Crippen molar-refractivity contribution in [3.05, 3.63) is 17.8 Å². The molecule has 0 saturated heterocycles. The first-order chi connectivity index (χ1) is 9.01. The third kappa shape index (κ3) is 3.57. The fourth-order valence-corrected chi connectivity index (χ4v) is 1.66. The number of carbonyl (C=O) groups excluding carboxylic acids is 1. The van der Waals surface area contributed by atoms with Crippen molar-refractivity contribution < 1.29 is 14.7 Å². The standard InChI is InChI=1S/C12H18N4O3/c1-3-14-9(17)7-16(4-2)11-10(13)8(12(18)19)5-6-15-11/h5-6H,3-4,7,13H2,1-2H3,(H,14,17)(H,18,19). The van der Waals surface area contributed by atoms with Gasteiger partial charge in [-0.2, -0.15) is 0 Å². The maximum absolute atomic E-state index is 11.6. The molecule has 0 atom stereocenters. The van der Waals surface area contributed by atoms with E-state index in [4.69, 9.17) is 10.8 Å². The second-order valence-corrected chi connectivity index (χ2v) is 3.87. The predicted octanol–water partition coefficient (Wildman–Crippen LogP) is 0.324. The summed E-state index contributed by atoms with van der Waals surface area (Å²) in [6.07, 6.45) is 1.37. The molecule has 0 bridgehead atoms. The molecule has 0 radical (unpaired) electrons. The number of aromatic nitrogens is 1. The van der Waals surface area contributed by atoms with Gasteiger partial charge >= 0.3 is 5.97 Å². The lowest BCUT2D eigenvalue weighted by atomic mass is 10.2. The van der Waals surface area contributed by atoms with Crippen LogP contribution in [0.15, 0.2) is 12.3 Å². The molecule has 7 nitrogen and oxygen atoms in total. The lowest BCUT2D eigenvalue weighted by Crippen LogP contribution is -2.38. The number of hydrogen-bond acceptors (Lipinski definition) is 5. The van der Waals surface area contributed by atoms with Crippen LogP contribution in [0.4, 0.5) is 11.5 Å². The zero-order valence-electron chi connectivity index (χ0n) is 11.0. The number of pyridine rings is 1. The molecule has 104 valence electrons. The molecule has 0 spiro atoms. The second-order valence-electron chi connectivity index (χ2n) is 3.87. The van der Waals surface area contributed by atoms with Crippen LogP contribution in [0.5, 0.6) is 0 Å². The van der Waals surface area contributed by atoms with E-state index in [0.29, 0.717) is 18.9 Å². The summed E-state index contributed by atoms with van der Waals surface area (Å²) in [5.41, 5.74) is 5.85. The van der Waals surface area contributed by atoms with Gasteiger partial charge in [0.05, 0.1) is 17.8 Å². The zero-order chi connectivity index (χ0) is 14.4. The number of amides is 1. The molecule has 0 aliphatic heterocycles. The molecule has 1 aromatic rings. The molecule has 1 rings (SSSR count). The third-order valence-corrected chi connectivity index (χ3v) is 2.59. The first-order valence-corrected chi connectivity index (χ1v) is 6.00. The molecule has 7 heteroatoms. The van der Waals surface area contributed by atoms with Gasteiger partial charge in [-0.3, -0.25) is 4.79 Å². The van der Waals surface area contributed by atoms with Gasteiger partial charge in [-0.05, 0) is 19.9 Å². The lowest BCUT2D eigenvalue weighted by molar-refractivity contribution is -0.119. The van der Waals surface area contributed by atoms with Gasteiger partial charge in [0, 0.05) is 19.3 Å². The van der Waals surface area contributed by atoms with Crippen molar-refractivity contribution in [1.82, 2.24) is 10.3 Å². The molecule has 1 amide bonds. The molecule has 0 fully saturated rings. The van der Waals surface area contributed by atoms with Crippen LogP contribution in [-0.2, 0) is 4.79 Å². The maximum Gasteiger partial charge on any atom is 0.337 e. The average Bonchev–Trinajstić information content (AvgIpc) is 2.36. The highest BCUT2D eigenvalue weighted by Gasteiger charge is 2.18. The van der Waals surface area contributed by atoms with Crippen molar-refractivity contribution in [2.24, 2.45) is 0 Å². The van der Waals surface area contributed by atoms with Crippen LogP contribution in [-0.4, -0.2) is 41.6 Å². The van der Waals surface area contributed by atoms with E-state index in [1.165, 1.54) is 12.3 Å². The smallest absolute Gasteiger partial charge is 0.337 e. The second kappa shape index (κ2) is 6.58. The quantitative estimate of drug-likeness (QED) is 0.684. The highest BCUT2D eigenvalue weighted by Crippen LogP contribution is 2.23. The van der Waals surface area contributed by atoms with Crippen LogP contribution >= 0.6 is 0 Å². The third-order valence-electron chi connectivity index (χ3n) is 2.59. The number of likely N-dealkylation sites (N-methyl/N-ethyl adjacent to an activating group) is 2. The van der Waals surface area contributed by atoms with Crippen molar-refractivity contribution in [3.63, 3.8) is 0 Å². The van der Waals surface area contributed by atoms with Crippen molar-refractivity contribution in [2.75, 3.05) is 30.3 Å². The molecule has 0 unspecified atom stereocenters. The van der Waals surface area contributed by atoms with Gasteiger partial charge in [0.1, 0.15) is 0 Å². The molecule has 1 heterocycles. The molecule has 0 saturated carbocycles. The van der Waals surface area contributed by atoms with Crippen LogP contribution < -0.4 is 16.0 Å². The number of hydrogen-bond donors (Lipinski definition) is 3. The van der Waals surface area contributed by atoms with E-state index in [1.54, 1.807) is 4.90 Å². The molecule has 0 aliphatic rings. The molecule has 19 heavy (non-hydrogen) atoms. The minimum Gasteiger partial charge on any atom is -0.478 e. The minimum absolute atomic E-state index is 0.0145. The highest BCUT2D eigenvalue weighted by atomic mass is 16.4. The Morgan fingerprint density at radius 1 is 1.47 bits per heavy atom. The van der Waals surface area contributed by atoms with E-state index in [-0.39, 0.29) is 23.7 Å². The molecule has 0 aliphatic carbocycles. The topological polar surface area (TPSA) is 109 Å². The number of carboxylic acid groups (broad SMARTS) is 1. The van der Waals surface area contributed by atoms with Gasteiger partial charge in [-0.1, -0.05) is 0 Å². The average molecular weight is 266 g/mol. The monoisotopic (exact) mass is 266 g/mol. The highest BCUT2D eigenvalue weighted by molar-refractivity contribution is 5.96. The van der Waals surface area contributed by atoms with Crippen LogP contribution in [0.2, 0.25) is 0 Å². The fourth-order valence-electron chi connectivity index (χ4n) is 1.66. The van der Waals surface area contributed by atoms with Crippen molar-refractivity contribution in [1.29, 1.82) is 0 Å². The number of nitrogens with zero attached hydrogens (tertiary/aromatic N) is 2. The summed E-state index contributed by atoms with van der Waals surface area (Å²) in [7, 11) is 0. The molecule has 4 N–H and O–H groups in total. The van der Waals surface area contributed by atoms with Gasteiger partial charge in [-0.15, -0.1) is 0 Å². The van der Waals surface area contributed by atoms with Crippen molar-refractivity contribution >= 4 is 23.4 Å². The fraction of sp³-hybridized carbons (Fsp3) is 0.417. The summed E-state index contributed by atoms with van der Waals surface area (Å²) in [6, 6.07) is 1.33. The van der Waals surface area contributed by atoms with Gasteiger partial charge in [0.25, 0.3) is 0 Å². The van der Waals surface area contributed by atoms with Crippen LogP contribution in [0.1, 0.15) is 24.2 Å². The molecular weight excluding hydrogens is 248 g/mol. The van der Waals surface area contributed by atoms with Crippen molar-refractivity contribution in [2.45, 2.75) is 13.8 Å². The van der Waals surface area contributed by atoms with Crippen molar-refractivity contribution in [3.8, 4) is 0 Å². The zero-order valence-corrected chi connectivity index (χ0v) is 11.0. The predicted molar refractivity (Wildman–Crippen MR) is 72.2 cm³/mol. The van der Waals surface area contributed by atoms with E-state index in [9.17, 15) is 9.59 Å². The van der Waals surface area contributed by atoms with Crippen LogP contribution in [0.3, 0.4) is 0 Å². The number of nitrogens with two attached hydrogens (primary N) is 1. The summed E-state index contributed by atoms with van der Waals surface area (Å²) in [6.45, 7) is 4.79. The largest absolute Gasteiger partial charge is 0.478 e. The van der Waals surface area contributed by atoms with E-state index >= 15 is 0 Å². The Hall–Kier alpha value is -2.31. The van der Waals surface area contributed by atoms with E-state index in [2.05, 4.69) is 10.3 Å². The summed E-state index contributed by atoms with van der Waals surface area (Å²) in [5.74, 6) is -0.963. The first-order valence-electron chi connectivity index (χ1n) is 6.00. The Bertz CT molecular complexity index is 476. The van der Waals surface area contributed by atoms with Crippen LogP contribution in [0.25, 0.3) is 0 Å². The normalized spacial score (nSPS) is 10.0. The van der Waals surface area contributed by atoms with E-state index in [1.807, 2.05) is 13.8 Å². The number of nitrogen functional groups attached to an aromatic ring is 1. The number of anilines is 2. The number of carboxylic acids is 1. The summed E-state index contributed by atoms with van der Waals surface area (Å²) < 4.78 is 0. The SMILES string of the molecule is CCNC(=O)CN(CC)c1nccc(C(=O)O)c1N. The first kappa shape index (κ1) is 14.7. The number of nitrogens with one attached hydrogen (secondary N) is 1. The molecule has 1 aromatic heterocycles. The van der Waals surface area contributed by atoms with Gasteiger partial charge < -0.3 is 21.1 Å². The number of rotatable bonds is 6. The Morgan fingerprint density at radius 2 is 2.16 bits per heavy atom. The van der Waals surface area contributed by atoms with E-state index < -0.39 is 5.97 Å². The number of carbonyl (C=O) groups is 2. The Morgan fingerprint density at radius 3 is 2.68 bits per heavy atom. The maximum atomic E-state index is 11.6. The Kier molecular flexibility index (Phi) is 5.11. The summed E-state index contributed by atoms with van der Waals surface area (Å²) >= 11 is 0. The van der Waals surface area contributed by atoms with Gasteiger partial charge in [-0.25, -0.2) is 9.78 Å². The minimum atomic E-state index is -1.12. The lowest BCUT2D eigenvalue weighted by Gasteiger charge is -2.23. The molecular formula is C12H18N4O3. The Balaban J connectivity index is 3.02. The van der Waals surface area contributed by atoms with Crippen LogP contribution in [0, 0.1) is 0 Å². The number of aromatic carboxylic acids is 1. The molecule has 0 aromatic carbocycles. The van der Waals surface area contributed by atoms with E-state index in [0.717, 1.165) is 0 Å².